The first-order valence-electron chi connectivity index (χ1n) is 6.27. The summed E-state index contributed by atoms with van der Waals surface area (Å²) in [5.41, 5.74) is 0. The summed E-state index contributed by atoms with van der Waals surface area (Å²) in [6.07, 6.45) is 6.57. The summed E-state index contributed by atoms with van der Waals surface area (Å²) in [6, 6.07) is -0.0184. The van der Waals surface area contributed by atoms with Gasteiger partial charge in [0.25, 0.3) is 0 Å². The van der Waals surface area contributed by atoms with Crippen molar-refractivity contribution in [2.24, 2.45) is 11.8 Å². The van der Waals surface area contributed by atoms with Crippen molar-refractivity contribution in [3.05, 3.63) is 0 Å². The molecule has 0 bridgehead atoms. The number of rotatable bonds is 4. The number of hydrogen-bond acceptors (Lipinski definition) is 1. The minimum absolute atomic E-state index is 0.0184. The van der Waals surface area contributed by atoms with Crippen LogP contribution in [0.5, 0.6) is 0 Å². The van der Waals surface area contributed by atoms with E-state index in [-0.39, 0.29) is 6.03 Å². The lowest BCUT2D eigenvalue weighted by Crippen LogP contribution is -2.38. The van der Waals surface area contributed by atoms with Crippen LogP contribution in [0.15, 0.2) is 0 Å². The van der Waals surface area contributed by atoms with Crippen LogP contribution >= 0.6 is 0 Å². The first-order chi connectivity index (χ1) is 7.26. The molecule has 0 aromatic carbocycles. The van der Waals surface area contributed by atoms with Crippen LogP contribution in [0.25, 0.3) is 0 Å². The van der Waals surface area contributed by atoms with Crippen molar-refractivity contribution in [3.63, 3.8) is 0 Å². The maximum absolute atomic E-state index is 11.2. The Morgan fingerprint density at radius 1 is 1.07 bits per heavy atom. The monoisotopic (exact) mass is 212 g/mol. The van der Waals surface area contributed by atoms with E-state index in [9.17, 15) is 4.79 Å². The molecule has 1 aliphatic carbocycles. The molecular weight excluding hydrogens is 188 g/mol. The maximum Gasteiger partial charge on any atom is 0.314 e. The molecule has 15 heavy (non-hydrogen) atoms. The van der Waals surface area contributed by atoms with Crippen LogP contribution in [-0.2, 0) is 0 Å². The average molecular weight is 212 g/mol. The predicted octanol–water partition coefficient (Wildman–Crippen LogP) is 2.52. The zero-order valence-electron chi connectivity index (χ0n) is 10.0. The minimum Gasteiger partial charge on any atom is -0.338 e. The fourth-order valence-electron chi connectivity index (χ4n) is 2.30. The summed E-state index contributed by atoms with van der Waals surface area (Å²) < 4.78 is 0. The Balaban J connectivity index is 2.10. The largest absolute Gasteiger partial charge is 0.338 e. The maximum atomic E-state index is 11.2. The van der Waals surface area contributed by atoms with Crippen molar-refractivity contribution in [2.45, 2.75) is 46.0 Å². The Kier molecular flexibility index (Phi) is 5.51. The van der Waals surface area contributed by atoms with E-state index in [4.69, 9.17) is 0 Å². The van der Waals surface area contributed by atoms with Crippen LogP contribution in [0.2, 0.25) is 0 Å². The molecule has 1 rings (SSSR count). The summed E-state index contributed by atoms with van der Waals surface area (Å²) in [6.45, 7) is 5.76. The van der Waals surface area contributed by atoms with E-state index in [1.807, 2.05) is 6.92 Å². The molecule has 2 amide bonds. The number of amides is 2. The quantitative estimate of drug-likeness (QED) is 0.738. The van der Waals surface area contributed by atoms with Gasteiger partial charge in [0.2, 0.25) is 0 Å². The summed E-state index contributed by atoms with van der Waals surface area (Å²) in [5.74, 6) is 1.64. The van der Waals surface area contributed by atoms with Gasteiger partial charge in [-0.2, -0.15) is 0 Å². The van der Waals surface area contributed by atoms with Gasteiger partial charge < -0.3 is 10.6 Å². The van der Waals surface area contributed by atoms with Gasteiger partial charge in [-0.05, 0) is 31.6 Å². The van der Waals surface area contributed by atoms with Crippen molar-refractivity contribution in [3.8, 4) is 0 Å². The van der Waals surface area contributed by atoms with E-state index in [2.05, 4.69) is 17.6 Å². The van der Waals surface area contributed by atoms with E-state index in [1.54, 1.807) is 0 Å². The molecule has 0 aliphatic heterocycles. The van der Waals surface area contributed by atoms with Crippen LogP contribution in [0.3, 0.4) is 0 Å². The summed E-state index contributed by atoms with van der Waals surface area (Å²) in [4.78, 5) is 11.2. The van der Waals surface area contributed by atoms with Crippen molar-refractivity contribution in [2.75, 3.05) is 13.1 Å². The number of urea groups is 1. The minimum atomic E-state index is -0.0184. The predicted molar refractivity (Wildman–Crippen MR) is 62.8 cm³/mol. The molecule has 88 valence electrons. The third-order valence-electron chi connectivity index (χ3n) is 3.43. The fourth-order valence-corrected chi connectivity index (χ4v) is 2.30. The van der Waals surface area contributed by atoms with Gasteiger partial charge in [-0.25, -0.2) is 4.79 Å². The van der Waals surface area contributed by atoms with Crippen molar-refractivity contribution < 1.29 is 4.79 Å². The van der Waals surface area contributed by atoms with Gasteiger partial charge in [0.05, 0.1) is 0 Å². The van der Waals surface area contributed by atoms with Gasteiger partial charge in [-0.15, -0.1) is 0 Å². The van der Waals surface area contributed by atoms with Crippen LogP contribution in [0.1, 0.15) is 46.0 Å². The second-order valence-electron chi connectivity index (χ2n) is 4.54. The lowest BCUT2D eigenvalue weighted by molar-refractivity contribution is 0.230. The number of hydrogen-bond donors (Lipinski definition) is 2. The molecule has 1 aliphatic rings. The first kappa shape index (κ1) is 12.3. The lowest BCUT2D eigenvalue weighted by atomic mass is 9.81. The van der Waals surface area contributed by atoms with E-state index < -0.39 is 0 Å². The molecule has 0 saturated heterocycles. The molecule has 0 unspecified atom stereocenters. The van der Waals surface area contributed by atoms with Crippen molar-refractivity contribution in [1.82, 2.24) is 10.6 Å². The zero-order chi connectivity index (χ0) is 11.1. The molecule has 0 aromatic rings. The van der Waals surface area contributed by atoms with E-state index >= 15 is 0 Å². The van der Waals surface area contributed by atoms with Crippen LogP contribution in [-0.4, -0.2) is 19.1 Å². The van der Waals surface area contributed by atoms with Gasteiger partial charge in [0.1, 0.15) is 0 Å². The standard InChI is InChI=1S/C12H24N2O/c1-3-10-5-7-11(8-6-10)9-14-12(15)13-4-2/h10-11H,3-9H2,1-2H3,(H2,13,14,15). The van der Waals surface area contributed by atoms with Gasteiger partial charge in [0, 0.05) is 13.1 Å². The number of nitrogens with one attached hydrogen (secondary N) is 2. The molecule has 0 heterocycles. The average Bonchev–Trinajstić information content (AvgIpc) is 2.27. The molecule has 0 aromatic heterocycles. The van der Waals surface area contributed by atoms with Crippen LogP contribution < -0.4 is 10.6 Å². The Bertz CT molecular complexity index is 186. The van der Waals surface area contributed by atoms with Crippen LogP contribution in [0, 0.1) is 11.8 Å². The fraction of sp³-hybridized carbons (Fsp3) is 0.917. The van der Waals surface area contributed by atoms with Gasteiger partial charge in [-0.3, -0.25) is 0 Å². The smallest absolute Gasteiger partial charge is 0.314 e. The molecule has 1 fully saturated rings. The molecule has 0 atom stereocenters. The second-order valence-corrected chi connectivity index (χ2v) is 4.54. The normalized spacial score (nSPS) is 26.0. The second kappa shape index (κ2) is 6.70. The SMILES string of the molecule is CCNC(=O)NCC1CCC(CC)CC1. The molecule has 3 nitrogen and oxygen atoms in total. The summed E-state index contributed by atoms with van der Waals surface area (Å²) in [7, 11) is 0. The molecule has 3 heteroatoms. The van der Waals surface area contributed by atoms with Gasteiger partial charge in [0.15, 0.2) is 0 Å². The number of carbonyl (C=O) groups excluding carboxylic acids is 1. The lowest BCUT2D eigenvalue weighted by Gasteiger charge is -2.27. The molecular formula is C12H24N2O. The van der Waals surface area contributed by atoms with Crippen LogP contribution in [0.4, 0.5) is 4.79 Å². The Hall–Kier alpha value is -0.730. The zero-order valence-corrected chi connectivity index (χ0v) is 10.0. The molecule has 2 N–H and O–H groups in total. The first-order valence-corrected chi connectivity index (χ1v) is 6.27. The molecule has 1 saturated carbocycles. The summed E-state index contributed by atoms with van der Waals surface area (Å²) in [5, 5.41) is 5.69. The van der Waals surface area contributed by atoms with Crippen molar-refractivity contribution in [1.29, 1.82) is 0 Å². The van der Waals surface area contributed by atoms with E-state index in [0.717, 1.165) is 12.5 Å². The Morgan fingerprint density at radius 3 is 2.20 bits per heavy atom. The highest BCUT2D eigenvalue weighted by Gasteiger charge is 2.19. The molecule has 0 radical (unpaired) electrons. The number of carbonyl (C=O) groups is 1. The van der Waals surface area contributed by atoms with Crippen molar-refractivity contribution >= 4 is 6.03 Å². The van der Waals surface area contributed by atoms with E-state index in [1.165, 1.54) is 32.1 Å². The van der Waals surface area contributed by atoms with E-state index in [0.29, 0.717) is 12.5 Å². The van der Waals surface area contributed by atoms with Gasteiger partial charge >= 0.3 is 6.03 Å². The molecule has 0 spiro atoms. The third-order valence-corrected chi connectivity index (χ3v) is 3.43. The highest BCUT2D eigenvalue weighted by atomic mass is 16.2. The third kappa shape index (κ3) is 4.54. The topological polar surface area (TPSA) is 41.1 Å². The highest BCUT2D eigenvalue weighted by Crippen LogP contribution is 2.29. The Morgan fingerprint density at radius 2 is 1.67 bits per heavy atom. The Labute approximate surface area is 93.0 Å². The summed E-state index contributed by atoms with van der Waals surface area (Å²) >= 11 is 0. The highest BCUT2D eigenvalue weighted by molar-refractivity contribution is 5.73. The van der Waals surface area contributed by atoms with Gasteiger partial charge in [-0.1, -0.05) is 26.2 Å².